The van der Waals surface area contributed by atoms with Crippen LogP contribution in [0.1, 0.15) is 4.88 Å². The zero-order chi connectivity index (χ0) is 10.7. The Morgan fingerprint density at radius 1 is 1.47 bits per heavy atom. The largest absolute Gasteiger partial charge is 0.315 e. The third-order valence-electron chi connectivity index (χ3n) is 1.98. The molecular weight excluding hydrogens is 211 g/mol. The fraction of sp³-hybridized carbons (Fsp3) is 0.182. The molecule has 0 aliphatic heterocycles. The Kier molecular flexibility index (Phi) is 3.08. The number of aromatic nitrogens is 1. The van der Waals surface area contributed by atoms with Crippen LogP contribution in [0.4, 0.5) is 4.39 Å². The minimum atomic E-state index is -0.224. The zero-order valence-corrected chi connectivity index (χ0v) is 9.14. The lowest BCUT2D eigenvalue weighted by atomic mass is 10.2. The van der Waals surface area contributed by atoms with Crippen molar-refractivity contribution in [1.29, 1.82) is 0 Å². The van der Waals surface area contributed by atoms with Gasteiger partial charge in [-0.05, 0) is 19.2 Å². The van der Waals surface area contributed by atoms with E-state index in [1.54, 1.807) is 17.4 Å². The average molecular weight is 222 g/mol. The van der Waals surface area contributed by atoms with E-state index < -0.39 is 0 Å². The van der Waals surface area contributed by atoms with Crippen LogP contribution in [0.15, 0.2) is 30.5 Å². The predicted molar refractivity (Wildman–Crippen MR) is 60.3 cm³/mol. The van der Waals surface area contributed by atoms with E-state index in [4.69, 9.17) is 0 Å². The van der Waals surface area contributed by atoms with Gasteiger partial charge < -0.3 is 5.32 Å². The number of nitrogens with one attached hydrogen (secondary N) is 1. The molecule has 2 aromatic rings. The Hall–Kier alpha value is -1.26. The summed E-state index contributed by atoms with van der Waals surface area (Å²) in [5.74, 6) is -0.224. The third-order valence-corrected chi connectivity index (χ3v) is 3.02. The van der Waals surface area contributed by atoms with Gasteiger partial charge in [-0.15, -0.1) is 11.3 Å². The van der Waals surface area contributed by atoms with Gasteiger partial charge in [0.1, 0.15) is 10.8 Å². The van der Waals surface area contributed by atoms with Crippen molar-refractivity contribution in [3.8, 4) is 10.6 Å². The Labute approximate surface area is 91.8 Å². The molecule has 0 amide bonds. The van der Waals surface area contributed by atoms with Crippen molar-refractivity contribution >= 4 is 11.3 Å². The molecule has 4 heteroatoms. The first kappa shape index (κ1) is 10.3. The molecule has 0 unspecified atom stereocenters. The molecule has 2 rings (SSSR count). The van der Waals surface area contributed by atoms with Crippen LogP contribution in [0.3, 0.4) is 0 Å². The van der Waals surface area contributed by atoms with E-state index in [1.165, 1.54) is 12.1 Å². The van der Waals surface area contributed by atoms with Crippen molar-refractivity contribution in [3.05, 3.63) is 41.2 Å². The van der Waals surface area contributed by atoms with Crippen molar-refractivity contribution in [3.63, 3.8) is 0 Å². The molecule has 2 nitrogen and oxygen atoms in total. The molecule has 0 aliphatic carbocycles. The number of nitrogens with zero attached hydrogens (tertiary/aromatic N) is 1. The standard InChI is InChI=1S/C11H11FN2S/c1-13-6-10-7-14-11(15-10)8-3-2-4-9(12)5-8/h2-5,7,13H,6H2,1H3. The molecule has 1 aromatic carbocycles. The fourth-order valence-electron chi connectivity index (χ4n) is 1.32. The maximum Gasteiger partial charge on any atom is 0.123 e. The maximum atomic E-state index is 13.0. The predicted octanol–water partition coefficient (Wildman–Crippen LogP) is 2.67. The van der Waals surface area contributed by atoms with Gasteiger partial charge in [0.15, 0.2) is 0 Å². The lowest BCUT2D eigenvalue weighted by Gasteiger charge is -1.95. The first-order valence-electron chi connectivity index (χ1n) is 4.65. The summed E-state index contributed by atoms with van der Waals surface area (Å²) in [6, 6.07) is 6.50. The van der Waals surface area contributed by atoms with E-state index in [1.807, 2.05) is 19.3 Å². The van der Waals surface area contributed by atoms with Crippen LogP contribution in [0.5, 0.6) is 0 Å². The van der Waals surface area contributed by atoms with Crippen molar-refractivity contribution in [2.45, 2.75) is 6.54 Å². The zero-order valence-electron chi connectivity index (χ0n) is 8.33. The van der Waals surface area contributed by atoms with Gasteiger partial charge >= 0.3 is 0 Å². The molecule has 0 saturated carbocycles. The maximum absolute atomic E-state index is 13.0. The highest BCUT2D eigenvalue weighted by molar-refractivity contribution is 7.15. The molecule has 15 heavy (non-hydrogen) atoms. The van der Waals surface area contributed by atoms with Crippen LogP contribution in [-0.2, 0) is 6.54 Å². The molecule has 0 saturated heterocycles. The van der Waals surface area contributed by atoms with Crippen molar-refractivity contribution < 1.29 is 4.39 Å². The van der Waals surface area contributed by atoms with Crippen LogP contribution in [0, 0.1) is 5.82 Å². The molecule has 0 aliphatic rings. The summed E-state index contributed by atoms with van der Waals surface area (Å²) in [5, 5.41) is 3.92. The summed E-state index contributed by atoms with van der Waals surface area (Å²) in [6.07, 6.45) is 1.82. The van der Waals surface area contributed by atoms with Gasteiger partial charge in [-0.1, -0.05) is 12.1 Å². The minimum absolute atomic E-state index is 0.224. The van der Waals surface area contributed by atoms with E-state index in [0.717, 1.165) is 22.0 Å². The van der Waals surface area contributed by atoms with E-state index in [9.17, 15) is 4.39 Å². The van der Waals surface area contributed by atoms with Crippen molar-refractivity contribution in [2.24, 2.45) is 0 Å². The molecule has 0 spiro atoms. The molecule has 0 radical (unpaired) electrons. The molecule has 0 fully saturated rings. The summed E-state index contributed by atoms with van der Waals surface area (Å²) in [7, 11) is 1.89. The van der Waals surface area contributed by atoms with E-state index in [-0.39, 0.29) is 5.82 Å². The normalized spacial score (nSPS) is 10.5. The quantitative estimate of drug-likeness (QED) is 0.863. The van der Waals surface area contributed by atoms with Crippen molar-refractivity contribution in [1.82, 2.24) is 10.3 Å². The first-order chi connectivity index (χ1) is 7.29. The Bertz CT molecular complexity index is 453. The van der Waals surface area contributed by atoms with Crippen LogP contribution < -0.4 is 5.32 Å². The number of halogens is 1. The number of thiazole rings is 1. The molecule has 78 valence electrons. The summed E-state index contributed by atoms with van der Waals surface area (Å²) in [5.41, 5.74) is 0.836. The average Bonchev–Trinajstić information content (AvgIpc) is 2.67. The van der Waals surface area contributed by atoms with E-state index >= 15 is 0 Å². The highest BCUT2D eigenvalue weighted by Gasteiger charge is 2.04. The number of hydrogen-bond acceptors (Lipinski definition) is 3. The summed E-state index contributed by atoms with van der Waals surface area (Å²) in [4.78, 5) is 5.41. The van der Waals surface area contributed by atoms with Crippen LogP contribution in [0.2, 0.25) is 0 Å². The molecule has 0 atom stereocenters. The Morgan fingerprint density at radius 2 is 2.33 bits per heavy atom. The molecular formula is C11H11FN2S. The lowest BCUT2D eigenvalue weighted by molar-refractivity contribution is 0.628. The Morgan fingerprint density at radius 3 is 3.07 bits per heavy atom. The lowest BCUT2D eigenvalue weighted by Crippen LogP contribution is -2.02. The molecule has 1 N–H and O–H groups in total. The highest BCUT2D eigenvalue weighted by atomic mass is 32.1. The Balaban J connectivity index is 2.29. The van der Waals surface area contributed by atoms with E-state index in [2.05, 4.69) is 10.3 Å². The molecule has 1 aromatic heterocycles. The number of rotatable bonds is 3. The van der Waals surface area contributed by atoms with Gasteiger partial charge in [-0.3, -0.25) is 0 Å². The first-order valence-corrected chi connectivity index (χ1v) is 5.46. The minimum Gasteiger partial charge on any atom is -0.315 e. The second kappa shape index (κ2) is 4.51. The summed E-state index contributed by atoms with van der Waals surface area (Å²) >= 11 is 1.58. The van der Waals surface area contributed by atoms with Gasteiger partial charge in [0.2, 0.25) is 0 Å². The highest BCUT2D eigenvalue weighted by Crippen LogP contribution is 2.25. The summed E-state index contributed by atoms with van der Waals surface area (Å²) in [6.45, 7) is 0.799. The molecule has 1 heterocycles. The second-order valence-corrected chi connectivity index (χ2v) is 4.29. The monoisotopic (exact) mass is 222 g/mol. The topological polar surface area (TPSA) is 24.9 Å². The summed E-state index contributed by atoms with van der Waals surface area (Å²) < 4.78 is 13.0. The SMILES string of the molecule is CNCc1cnc(-c2cccc(F)c2)s1. The van der Waals surface area contributed by atoms with Gasteiger partial charge in [0, 0.05) is 23.2 Å². The van der Waals surface area contributed by atoms with Gasteiger partial charge in [-0.25, -0.2) is 9.37 Å². The van der Waals surface area contributed by atoms with Gasteiger partial charge in [0.25, 0.3) is 0 Å². The van der Waals surface area contributed by atoms with Crippen LogP contribution in [0.25, 0.3) is 10.6 Å². The second-order valence-electron chi connectivity index (χ2n) is 3.17. The third kappa shape index (κ3) is 2.40. The fourth-order valence-corrected chi connectivity index (χ4v) is 2.24. The van der Waals surface area contributed by atoms with Crippen LogP contribution in [-0.4, -0.2) is 12.0 Å². The smallest absolute Gasteiger partial charge is 0.123 e. The van der Waals surface area contributed by atoms with E-state index in [0.29, 0.717) is 0 Å². The number of benzene rings is 1. The van der Waals surface area contributed by atoms with Gasteiger partial charge in [-0.2, -0.15) is 0 Å². The molecule has 0 bridgehead atoms. The van der Waals surface area contributed by atoms with Crippen molar-refractivity contribution in [2.75, 3.05) is 7.05 Å². The van der Waals surface area contributed by atoms with Gasteiger partial charge in [0.05, 0.1) is 0 Å². The van der Waals surface area contributed by atoms with Crippen LogP contribution >= 0.6 is 11.3 Å². The number of hydrogen-bond donors (Lipinski definition) is 1.